The second-order valence-electron chi connectivity index (χ2n) is 8.10. The molecule has 3 rings (SSSR count). The van der Waals surface area contributed by atoms with E-state index in [0.29, 0.717) is 29.9 Å². The Morgan fingerprint density at radius 1 is 1.33 bits per heavy atom. The molecule has 5 atom stereocenters. The molecule has 3 heteroatoms. The second kappa shape index (κ2) is 5.26. The number of amides is 1. The Hall–Kier alpha value is -0.570. The molecule has 21 heavy (non-hydrogen) atoms. The monoisotopic (exact) mass is 293 g/mol. The third kappa shape index (κ3) is 2.15. The van der Waals surface area contributed by atoms with Gasteiger partial charge < -0.3 is 10.1 Å². The standard InChI is InChI=1S/C18H31NO2/c1-5-7-14-13-10-12-11-18(13,8-9-21-14)16(17(12,3)4)19-15(20)6-2/h12-14,16H,5-11H2,1-4H3,(H,19,20)/t12-,13-,14-,16+,18-/m1/s1. The summed E-state index contributed by atoms with van der Waals surface area (Å²) in [6, 6.07) is 0.337. The van der Waals surface area contributed by atoms with Gasteiger partial charge in [-0.05, 0) is 48.3 Å². The topological polar surface area (TPSA) is 38.3 Å². The average molecular weight is 293 g/mol. The zero-order valence-corrected chi connectivity index (χ0v) is 14.1. The maximum Gasteiger partial charge on any atom is 0.219 e. The van der Waals surface area contributed by atoms with Gasteiger partial charge in [0.1, 0.15) is 0 Å². The van der Waals surface area contributed by atoms with E-state index in [4.69, 9.17) is 4.74 Å². The predicted octanol–water partition coefficient (Wildman–Crippen LogP) is 3.52. The predicted molar refractivity (Wildman–Crippen MR) is 83.9 cm³/mol. The fraction of sp³-hybridized carbons (Fsp3) is 0.944. The van der Waals surface area contributed by atoms with Gasteiger partial charge in [-0.3, -0.25) is 4.79 Å². The molecule has 1 aliphatic heterocycles. The van der Waals surface area contributed by atoms with Gasteiger partial charge in [0, 0.05) is 19.1 Å². The lowest BCUT2D eigenvalue weighted by molar-refractivity contribution is -0.137. The van der Waals surface area contributed by atoms with E-state index < -0.39 is 0 Å². The Morgan fingerprint density at radius 2 is 2.10 bits per heavy atom. The second-order valence-corrected chi connectivity index (χ2v) is 8.10. The average Bonchev–Trinajstić information content (AvgIpc) is 2.93. The highest BCUT2D eigenvalue weighted by molar-refractivity contribution is 5.76. The molecule has 3 fully saturated rings. The van der Waals surface area contributed by atoms with Gasteiger partial charge in [0.2, 0.25) is 5.91 Å². The van der Waals surface area contributed by atoms with Crippen molar-refractivity contribution in [1.82, 2.24) is 5.32 Å². The molecule has 1 heterocycles. The SMILES string of the molecule is CCC[C@H]1OCC[C@@]23C[C@@H](C[C@H]12)C(C)(C)[C@@H]3NC(=O)CC. The molecule has 120 valence electrons. The van der Waals surface area contributed by atoms with Crippen LogP contribution in [0.4, 0.5) is 0 Å². The first kappa shape index (κ1) is 15.3. The summed E-state index contributed by atoms with van der Waals surface area (Å²) in [6.45, 7) is 9.82. The van der Waals surface area contributed by atoms with Crippen molar-refractivity contribution in [1.29, 1.82) is 0 Å². The molecule has 1 saturated heterocycles. The Balaban J connectivity index is 1.90. The summed E-state index contributed by atoms with van der Waals surface area (Å²) >= 11 is 0. The van der Waals surface area contributed by atoms with Crippen LogP contribution in [-0.4, -0.2) is 24.7 Å². The molecule has 3 nitrogen and oxygen atoms in total. The minimum atomic E-state index is 0.215. The van der Waals surface area contributed by atoms with E-state index in [1.54, 1.807) is 0 Å². The summed E-state index contributed by atoms with van der Waals surface area (Å²) in [6.07, 6.45) is 7.11. The normalized spacial score (nSPS) is 43.6. The first-order chi connectivity index (χ1) is 9.95. The molecule has 0 aromatic rings. The third-order valence-electron chi connectivity index (χ3n) is 6.82. The summed E-state index contributed by atoms with van der Waals surface area (Å²) in [5.41, 5.74) is 0.534. The van der Waals surface area contributed by atoms with Crippen LogP contribution in [0.1, 0.15) is 66.2 Å². The fourth-order valence-corrected chi connectivity index (χ4v) is 5.74. The number of carbonyl (C=O) groups excluding carboxylic acids is 1. The molecule has 0 aromatic carbocycles. The Kier molecular flexibility index (Phi) is 3.84. The largest absolute Gasteiger partial charge is 0.378 e. The number of fused-ring (bicyclic) bond motifs is 1. The van der Waals surface area contributed by atoms with Crippen LogP contribution in [0.25, 0.3) is 0 Å². The highest BCUT2D eigenvalue weighted by atomic mass is 16.5. The zero-order valence-electron chi connectivity index (χ0n) is 14.1. The van der Waals surface area contributed by atoms with Gasteiger partial charge in [-0.15, -0.1) is 0 Å². The molecular formula is C18H31NO2. The van der Waals surface area contributed by atoms with Crippen LogP contribution in [0, 0.1) is 22.7 Å². The molecule has 1 N–H and O–H groups in total. The van der Waals surface area contributed by atoms with E-state index in [-0.39, 0.29) is 11.3 Å². The van der Waals surface area contributed by atoms with Gasteiger partial charge in [-0.2, -0.15) is 0 Å². The number of hydrogen-bond donors (Lipinski definition) is 1. The summed E-state index contributed by atoms with van der Waals surface area (Å²) in [5, 5.41) is 3.41. The Labute approximate surface area is 129 Å². The zero-order chi connectivity index (χ0) is 15.3. The van der Waals surface area contributed by atoms with Crippen LogP contribution < -0.4 is 5.32 Å². The maximum atomic E-state index is 12.1. The van der Waals surface area contributed by atoms with Crippen LogP contribution in [0.5, 0.6) is 0 Å². The van der Waals surface area contributed by atoms with Crippen LogP contribution in [0.3, 0.4) is 0 Å². The van der Waals surface area contributed by atoms with Crippen molar-refractivity contribution in [3.63, 3.8) is 0 Å². The van der Waals surface area contributed by atoms with Gasteiger partial charge in [0.25, 0.3) is 0 Å². The Morgan fingerprint density at radius 3 is 2.76 bits per heavy atom. The highest BCUT2D eigenvalue weighted by Gasteiger charge is 2.68. The van der Waals surface area contributed by atoms with Crippen LogP contribution >= 0.6 is 0 Å². The molecule has 0 radical (unpaired) electrons. The van der Waals surface area contributed by atoms with Crippen molar-refractivity contribution in [2.75, 3.05) is 6.61 Å². The number of nitrogens with one attached hydrogen (secondary N) is 1. The van der Waals surface area contributed by atoms with E-state index >= 15 is 0 Å². The van der Waals surface area contributed by atoms with Crippen molar-refractivity contribution in [3.05, 3.63) is 0 Å². The quantitative estimate of drug-likeness (QED) is 0.861. The van der Waals surface area contributed by atoms with E-state index in [1.807, 2.05) is 6.92 Å². The fourth-order valence-electron chi connectivity index (χ4n) is 5.74. The van der Waals surface area contributed by atoms with Crippen molar-refractivity contribution in [2.24, 2.45) is 22.7 Å². The van der Waals surface area contributed by atoms with E-state index in [2.05, 4.69) is 26.1 Å². The summed E-state index contributed by atoms with van der Waals surface area (Å²) in [5.74, 6) is 1.62. The molecule has 2 bridgehead atoms. The lowest BCUT2D eigenvalue weighted by Crippen LogP contribution is -2.60. The van der Waals surface area contributed by atoms with Crippen LogP contribution in [-0.2, 0) is 9.53 Å². The number of hydrogen-bond acceptors (Lipinski definition) is 2. The van der Waals surface area contributed by atoms with Gasteiger partial charge >= 0.3 is 0 Å². The molecular weight excluding hydrogens is 262 g/mol. The Bertz CT molecular complexity index is 417. The van der Waals surface area contributed by atoms with Gasteiger partial charge in [0.15, 0.2) is 0 Å². The minimum Gasteiger partial charge on any atom is -0.378 e. The highest BCUT2D eigenvalue weighted by Crippen LogP contribution is 2.68. The molecule has 0 aromatic heterocycles. The molecule has 2 aliphatic carbocycles. The summed E-state index contributed by atoms with van der Waals surface area (Å²) < 4.78 is 6.11. The van der Waals surface area contributed by atoms with Crippen LogP contribution in [0.2, 0.25) is 0 Å². The van der Waals surface area contributed by atoms with Crippen molar-refractivity contribution >= 4 is 5.91 Å². The van der Waals surface area contributed by atoms with Crippen LogP contribution in [0.15, 0.2) is 0 Å². The minimum absolute atomic E-state index is 0.215. The smallest absolute Gasteiger partial charge is 0.219 e. The molecule has 2 saturated carbocycles. The van der Waals surface area contributed by atoms with Crippen molar-refractivity contribution in [2.45, 2.75) is 78.4 Å². The first-order valence-corrected chi connectivity index (χ1v) is 8.86. The van der Waals surface area contributed by atoms with Gasteiger partial charge in [-0.1, -0.05) is 34.1 Å². The van der Waals surface area contributed by atoms with Gasteiger partial charge in [0.05, 0.1) is 6.10 Å². The van der Waals surface area contributed by atoms with Crippen molar-refractivity contribution < 1.29 is 9.53 Å². The number of carbonyl (C=O) groups is 1. The maximum absolute atomic E-state index is 12.1. The first-order valence-electron chi connectivity index (χ1n) is 8.86. The van der Waals surface area contributed by atoms with E-state index in [1.165, 1.54) is 25.7 Å². The summed E-state index contributed by atoms with van der Waals surface area (Å²) in [7, 11) is 0. The third-order valence-corrected chi connectivity index (χ3v) is 6.82. The van der Waals surface area contributed by atoms with E-state index in [0.717, 1.165) is 18.9 Å². The van der Waals surface area contributed by atoms with Crippen molar-refractivity contribution in [3.8, 4) is 0 Å². The summed E-state index contributed by atoms with van der Waals surface area (Å²) in [4.78, 5) is 12.1. The molecule has 1 amide bonds. The molecule has 3 aliphatic rings. The van der Waals surface area contributed by atoms with E-state index in [9.17, 15) is 4.79 Å². The lowest BCUT2D eigenvalue weighted by Gasteiger charge is -2.53. The van der Waals surface area contributed by atoms with Gasteiger partial charge in [-0.25, -0.2) is 0 Å². The molecule has 1 spiro atoms. The molecule has 0 unspecified atom stereocenters. The number of ether oxygens (including phenoxy) is 1. The number of rotatable bonds is 4. The lowest BCUT2D eigenvalue weighted by atomic mass is 9.59.